The van der Waals surface area contributed by atoms with Gasteiger partial charge in [0.15, 0.2) is 0 Å². The van der Waals surface area contributed by atoms with E-state index in [1.807, 2.05) is 0 Å². The molecule has 50 heavy (non-hydrogen) atoms. The highest BCUT2D eigenvalue weighted by atomic mass is 16.6. The van der Waals surface area contributed by atoms with Crippen molar-refractivity contribution >= 4 is 5.97 Å². The van der Waals surface area contributed by atoms with Crippen LogP contribution in [0, 0.1) is 0 Å². The molecular formula is C46H82O4. The molecule has 0 aromatic carbocycles. The standard InChI is InChI=1S/C46H82O4/c1-3-5-7-9-11-13-15-17-19-21-23-24-25-27-29-31-33-35-37-39-41-46(48)50-45(43-47)44-49-42-40-38-36-34-32-30-28-26-22-20-18-16-14-12-10-8-6-4-2/h6,8,12,14,18,20,26,28,32,34,45,47H,3-5,7,9-11,13,15-17,19,21-25,27,29-31,33,35-44H2,1-2H3/b8-6-,14-12-,20-18-,28-26-,34-32-. The number of hydrogen-bond donors (Lipinski definition) is 1. The molecule has 0 aliphatic rings. The summed E-state index contributed by atoms with van der Waals surface area (Å²) in [5.41, 5.74) is 0. The molecule has 1 N–H and O–H groups in total. The van der Waals surface area contributed by atoms with E-state index >= 15 is 0 Å². The Balaban J connectivity index is 3.49. The first-order valence-corrected chi connectivity index (χ1v) is 21.4. The summed E-state index contributed by atoms with van der Waals surface area (Å²) in [6, 6.07) is 0. The lowest BCUT2D eigenvalue weighted by molar-refractivity contribution is -0.154. The zero-order valence-corrected chi connectivity index (χ0v) is 33.2. The number of carbonyl (C=O) groups excluding carboxylic acids is 1. The number of rotatable bonds is 39. The van der Waals surface area contributed by atoms with E-state index in [9.17, 15) is 9.90 Å². The molecule has 0 aliphatic heterocycles. The van der Waals surface area contributed by atoms with Crippen molar-refractivity contribution < 1.29 is 19.4 Å². The molecule has 4 nitrogen and oxygen atoms in total. The van der Waals surface area contributed by atoms with Gasteiger partial charge in [-0.05, 0) is 57.8 Å². The Labute approximate surface area is 311 Å². The van der Waals surface area contributed by atoms with Crippen LogP contribution in [-0.2, 0) is 14.3 Å². The first kappa shape index (κ1) is 48.1. The fourth-order valence-corrected chi connectivity index (χ4v) is 5.94. The van der Waals surface area contributed by atoms with Crippen LogP contribution in [0.2, 0.25) is 0 Å². The summed E-state index contributed by atoms with van der Waals surface area (Å²) < 4.78 is 11.1. The van der Waals surface area contributed by atoms with E-state index < -0.39 is 6.10 Å². The second-order valence-electron chi connectivity index (χ2n) is 14.0. The van der Waals surface area contributed by atoms with Crippen LogP contribution in [0.4, 0.5) is 0 Å². The fourth-order valence-electron chi connectivity index (χ4n) is 5.94. The van der Waals surface area contributed by atoms with Gasteiger partial charge >= 0.3 is 5.97 Å². The van der Waals surface area contributed by atoms with Crippen molar-refractivity contribution in [3.63, 3.8) is 0 Å². The van der Waals surface area contributed by atoms with Gasteiger partial charge in [-0.15, -0.1) is 0 Å². The Morgan fingerprint density at radius 1 is 0.500 bits per heavy atom. The van der Waals surface area contributed by atoms with Crippen molar-refractivity contribution in [3.8, 4) is 0 Å². The van der Waals surface area contributed by atoms with Crippen molar-refractivity contribution in [2.75, 3.05) is 19.8 Å². The first-order chi connectivity index (χ1) is 24.7. The molecule has 0 radical (unpaired) electrons. The molecule has 0 aromatic rings. The molecule has 0 aromatic heterocycles. The van der Waals surface area contributed by atoms with Gasteiger partial charge in [0.05, 0.1) is 13.2 Å². The monoisotopic (exact) mass is 699 g/mol. The molecule has 290 valence electrons. The summed E-state index contributed by atoms with van der Waals surface area (Å²) in [4.78, 5) is 12.2. The lowest BCUT2D eigenvalue weighted by atomic mass is 10.0. The number of allylic oxidation sites excluding steroid dienone is 10. The maximum absolute atomic E-state index is 12.2. The maximum atomic E-state index is 12.2. The minimum Gasteiger partial charge on any atom is -0.457 e. The summed E-state index contributed by atoms with van der Waals surface area (Å²) in [5, 5.41) is 9.59. The molecule has 0 saturated heterocycles. The van der Waals surface area contributed by atoms with E-state index in [1.165, 1.54) is 116 Å². The number of unbranched alkanes of at least 4 members (excludes halogenated alkanes) is 21. The third-order valence-electron chi connectivity index (χ3n) is 9.11. The lowest BCUT2D eigenvalue weighted by Crippen LogP contribution is -2.27. The van der Waals surface area contributed by atoms with Gasteiger partial charge in [-0.3, -0.25) is 4.79 Å². The van der Waals surface area contributed by atoms with Crippen LogP contribution in [-0.4, -0.2) is 37.0 Å². The normalized spacial score (nSPS) is 12.9. The molecule has 1 unspecified atom stereocenters. The SMILES string of the molecule is CC/C=C\C/C=C\C/C=C\C/C=C\C/C=C\CCCCOCC(CO)OC(=O)CCCCCCCCCCCCCCCCCCCCCC. The van der Waals surface area contributed by atoms with Gasteiger partial charge in [-0.2, -0.15) is 0 Å². The molecule has 0 aliphatic carbocycles. The fraction of sp³-hybridized carbons (Fsp3) is 0.761. The van der Waals surface area contributed by atoms with E-state index in [0.29, 0.717) is 13.0 Å². The summed E-state index contributed by atoms with van der Waals surface area (Å²) in [6.07, 6.45) is 57.2. The van der Waals surface area contributed by atoms with Crippen LogP contribution < -0.4 is 0 Å². The molecule has 0 heterocycles. The third-order valence-corrected chi connectivity index (χ3v) is 9.11. The highest BCUT2D eigenvalue weighted by molar-refractivity contribution is 5.69. The Hall–Kier alpha value is -1.91. The van der Waals surface area contributed by atoms with Crippen molar-refractivity contribution in [2.24, 2.45) is 0 Å². The number of carbonyl (C=O) groups is 1. The predicted octanol–water partition coefficient (Wildman–Crippen LogP) is 14.0. The topological polar surface area (TPSA) is 55.8 Å². The second kappa shape index (κ2) is 43.3. The Bertz CT molecular complexity index is 824. The molecule has 0 rings (SSSR count). The van der Waals surface area contributed by atoms with Crippen LogP contribution in [0.5, 0.6) is 0 Å². The zero-order chi connectivity index (χ0) is 36.3. The van der Waals surface area contributed by atoms with E-state index in [0.717, 1.165) is 64.2 Å². The molecule has 0 saturated carbocycles. The average Bonchev–Trinajstić information content (AvgIpc) is 3.12. The van der Waals surface area contributed by atoms with E-state index in [2.05, 4.69) is 74.6 Å². The number of ether oxygens (including phenoxy) is 2. The molecular weight excluding hydrogens is 617 g/mol. The van der Waals surface area contributed by atoms with Crippen LogP contribution in [0.3, 0.4) is 0 Å². The molecule has 4 heteroatoms. The molecule has 1 atom stereocenters. The minimum absolute atomic E-state index is 0.189. The van der Waals surface area contributed by atoms with Crippen LogP contribution >= 0.6 is 0 Å². The number of hydrogen-bond acceptors (Lipinski definition) is 4. The van der Waals surface area contributed by atoms with Crippen LogP contribution in [0.25, 0.3) is 0 Å². The summed E-state index contributed by atoms with van der Waals surface area (Å²) in [6.45, 7) is 5.15. The van der Waals surface area contributed by atoms with Crippen molar-refractivity contribution in [2.45, 2.75) is 206 Å². The lowest BCUT2D eigenvalue weighted by Gasteiger charge is -2.15. The molecule has 0 fully saturated rings. The minimum atomic E-state index is -0.557. The Morgan fingerprint density at radius 3 is 1.32 bits per heavy atom. The van der Waals surface area contributed by atoms with Gasteiger partial charge in [-0.1, -0.05) is 197 Å². The van der Waals surface area contributed by atoms with Gasteiger partial charge in [0.1, 0.15) is 6.10 Å². The average molecular weight is 699 g/mol. The van der Waals surface area contributed by atoms with Crippen molar-refractivity contribution in [1.82, 2.24) is 0 Å². The van der Waals surface area contributed by atoms with Gasteiger partial charge in [0, 0.05) is 13.0 Å². The van der Waals surface area contributed by atoms with E-state index in [4.69, 9.17) is 9.47 Å². The van der Waals surface area contributed by atoms with Crippen LogP contribution in [0.15, 0.2) is 60.8 Å². The number of aliphatic hydroxyl groups excluding tert-OH is 1. The van der Waals surface area contributed by atoms with Gasteiger partial charge in [0.25, 0.3) is 0 Å². The van der Waals surface area contributed by atoms with Gasteiger partial charge in [0.2, 0.25) is 0 Å². The molecule has 0 bridgehead atoms. The van der Waals surface area contributed by atoms with Crippen molar-refractivity contribution in [3.05, 3.63) is 60.8 Å². The van der Waals surface area contributed by atoms with Gasteiger partial charge < -0.3 is 14.6 Å². The second-order valence-corrected chi connectivity index (χ2v) is 14.0. The van der Waals surface area contributed by atoms with Gasteiger partial charge in [-0.25, -0.2) is 0 Å². The molecule has 0 amide bonds. The quantitative estimate of drug-likeness (QED) is 0.0394. The zero-order valence-electron chi connectivity index (χ0n) is 33.2. The Kier molecular flexibility index (Phi) is 41.6. The summed E-state index contributed by atoms with van der Waals surface area (Å²) in [5.74, 6) is -0.214. The van der Waals surface area contributed by atoms with E-state index in [1.54, 1.807) is 0 Å². The van der Waals surface area contributed by atoms with E-state index in [-0.39, 0.29) is 19.2 Å². The number of esters is 1. The summed E-state index contributed by atoms with van der Waals surface area (Å²) >= 11 is 0. The molecule has 0 spiro atoms. The first-order valence-electron chi connectivity index (χ1n) is 21.4. The van der Waals surface area contributed by atoms with Crippen LogP contribution in [0.1, 0.15) is 200 Å². The Morgan fingerprint density at radius 2 is 0.900 bits per heavy atom. The van der Waals surface area contributed by atoms with Crippen molar-refractivity contribution in [1.29, 1.82) is 0 Å². The largest absolute Gasteiger partial charge is 0.457 e. The smallest absolute Gasteiger partial charge is 0.306 e. The third kappa shape index (κ3) is 40.5. The predicted molar refractivity (Wildman–Crippen MR) is 219 cm³/mol. The maximum Gasteiger partial charge on any atom is 0.306 e. The summed E-state index contributed by atoms with van der Waals surface area (Å²) in [7, 11) is 0. The highest BCUT2D eigenvalue weighted by Crippen LogP contribution is 2.15. The highest BCUT2D eigenvalue weighted by Gasteiger charge is 2.13. The number of aliphatic hydroxyl groups is 1.